The van der Waals surface area contributed by atoms with Crippen LogP contribution >= 0.6 is 0 Å². The maximum Gasteiger partial charge on any atom is 0.182 e. The fraction of sp³-hybridized carbons (Fsp3) is 0.278. The van der Waals surface area contributed by atoms with Crippen LogP contribution in [0.15, 0.2) is 54.6 Å². The summed E-state index contributed by atoms with van der Waals surface area (Å²) in [5, 5.41) is 0. The van der Waals surface area contributed by atoms with Crippen molar-refractivity contribution >= 4 is 5.78 Å². The van der Waals surface area contributed by atoms with E-state index in [-0.39, 0.29) is 5.78 Å². The SMILES string of the molecule is CN(C)C(C)(C)C(=O)c1ccc(Oc2ccccc2)cc1. The first-order valence-corrected chi connectivity index (χ1v) is 6.96. The fourth-order valence-electron chi connectivity index (χ4n) is 1.86. The number of carbonyl (C=O) groups excluding carboxylic acids is 1. The van der Waals surface area contributed by atoms with Crippen molar-refractivity contribution < 1.29 is 9.53 Å². The molecule has 0 amide bonds. The highest BCUT2D eigenvalue weighted by Gasteiger charge is 2.30. The molecule has 0 aromatic heterocycles. The zero-order valence-electron chi connectivity index (χ0n) is 13.0. The van der Waals surface area contributed by atoms with Gasteiger partial charge in [-0.2, -0.15) is 0 Å². The van der Waals surface area contributed by atoms with Crippen LogP contribution in [0.5, 0.6) is 11.5 Å². The van der Waals surface area contributed by atoms with Crippen molar-refractivity contribution in [2.24, 2.45) is 0 Å². The van der Waals surface area contributed by atoms with Crippen LogP contribution in [-0.2, 0) is 0 Å². The van der Waals surface area contributed by atoms with E-state index in [4.69, 9.17) is 4.74 Å². The molecule has 0 heterocycles. The third kappa shape index (κ3) is 3.50. The van der Waals surface area contributed by atoms with Gasteiger partial charge < -0.3 is 4.74 Å². The van der Waals surface area contributed by atoms with Gasteiger partial charge in [-0.1, -0.05) is 18.2 Å². The van der Waals surface area contributed by atoms with E-state index in [1.165, 1.54) is 0 Å². The summed E-state index contributed by atoms with van der Waals surface area (Å²) in [5.41, 5.74) is 0.163. The number of nitrogens with zero attached hydrogens (tertiary/aromatic N) is 1. The second-order valence-corrected chi connectivity index (χ2v) is 5.72. The first-order valence-electron chi connectivity index (χ1n) is 6.96. The van der Waals surface area contributed by atoms with Crippen molar-refractivity contribution in [1.29, 1.82) is 0 Å². The van der Waals surface area contributed by atoms with Crippen LogP contribution in [-0.4, -0.2) is 30.3 Å². The molecule has 2 aromatic rings. The third-order valence-corrected chi connectivity index (χ3v) is 3.77. The molecule has 2 rings (SSSR count). The van der Waals surface area contributed by atoms with E-state index in [0.29, 0.717) is 5.56 Å². The maximum atomic E-state index is 12.5. The molecule has 0 spiro atoms. The van der Waals surface area contributed by atoms with Gasteiger partial charge in [0.1, 0.15) is 11.5 Å². The second kappa shape index (κ2) is 6.10. The van der Waals surface area contributed by atoms with Crippen LogP contribution in [0, 0.1) is 0 Å². The van der Waals surface area contributed by atoms with Gasteiger partial charge in [0.05, 0.1) is 5.54 Å². The minimum Gasteiger partial charge on any atom is -0.457 e. The van der Waals surface area contributed by atoms with Gasteiger partial charge in [-0.15, -0.1) is 0 Å². The minimum absolute atomic E-state index is 0.0961. The van der Waals surface area contributed by atoms with E-state index < -0.39 is 5.54 Å². The van der Waals surface area contributed by atoms with Crippen molar-refractivity contribution in [3.8, 4) is 11.5 Å². The Labute approximate surface area is 126 Å². The lowest BCUT2D eigenvalue weighted by molar-refractivity contribution is 0.0755. The first-order chi connectivity index (χ1) is 9.91. The number of ketones is 1. The molecule has 0 aliphatic heterocycles. The largest absolute Gasteiger partial charge is 0.457 e. The van der Waals surface area contributed by atoms with Gasteiger partial charge in [0.2, 0.25) is 0 Å². The maximum absolute atomic E-state index is 12.5. The molecule has 0 aliphatic carbocycles. The van der Waals surface area contributed by atoms with Gasteiger partial charge in [-0.25, -0.2) is 0 Å². The standard InChI is InChI=1S/C18H21NO2/c1-18(2,19(3)4)17(20)14-10-12-16(13-11-14)21-15-8-6-5-7-9-15/h5-13H,1-4H3. The first kappa shape index (κ1) is 15.3. The van der Waals surface area contributed by atoms with Gasteiger partial charge >= 0.3 is 0 Å². The number of likely N-dealkylation sites (N-methyl/N-ethyl adjacent to an activating group) is 1. The van der Waals surface area contributed by atoms with E-state index in [1.807, 2.05) is 87.4 Å². The zero-order valence-corrected chi connectivity index (χ0v) is 13.0. The lowest BCUT2D eigenvalue weighted by Gasteiger charge is -2.30. The fourth-order valence-corrected chi connectivity index (χ4v) is 1.86. The van der Waals surface area contributed by atoms with E-state index >= 15 is 0 Å². The number of benzene rings is 2. The Kier molecular flexibility index (Phi) is 4.43. The molecule has 3 heteroatoms. The molecule has 0 atom stereocenters. The number of Topliss-reactive ketones (excluding diaryl/α,β-unsaturated/α-hetero) is 1. The molecule has 0 radical (unpaired) electrons. The van der Waals surface area contributed by atoms with Crippen LogP contribution in [0.25, 0.3) is 0 Å². The Morgan fingerprint density at radius 1 is 0.905 bits per heavy atom. The van der Waals surface area contributed by atoms with Gasteiger partial charge in [0, 0.05) is 5.56 Å². The van der Waals surface area contributed by atoms with Crippen molar-refractivity contribution in [3.63, 3.8) is 0 Å². The van der Waals surface area contributed by atoms with E-state index in [1.54, 1.807) is 0 Å². The zero-order chi connectivity index (χ0) is 15.5. The van der Waals surface area contributed by atoms with Crippen LogP contribution in [0.2, 0.25) is 0 Å². The molecular formula is C18H21NO2. The van der Waals surface area contributed by atoms with Gasteiger partial charge in [-0.05, 0) is 64.3 Å². The Morgan fingerprint density at radius 3 is 1.95 bits per heavy atom. The molecule has 110 valence electrons. The predicted molar refractivity (Wildman–Crippen MR) is 85.1 cm³/mol. The lowest BCUT2D eigenvalue weighted by Crippen LogP contribution is -2.45. The van der Waals surface area contributed by atoms with Crippen LogP contribution in [0.3, 0.4) is 0 Å². The molecule has 0 bridgehead atoms. The molecule has 0 N–H and O–H groups in total. The topological polar surface area (TPSA) is 29.5 Å². The summed E-state index contributed by atoms with van der Waals surface area (Å²) in [6.07, 6.45) is 0. The Balaban J connectivity index is 2.14. The van der Waals surface area contributed by atoms with Crippen LogP contribution in [0.1, 0.15) is 24.2 Å². The van der Waals surface area contributed by atoms with E-state index in [9.17, 15) is 4.79 Å². The lowest BCUT2D eigenvalue weighted by atomic mass is 9.92. The summed E-state index contributed by atoms with van der Waals surface area (Å²) in [6.45, 7) is 3.84. The monoisotopic (exact) mass is 283 g/mol. The van der Waals surface area contributed by atoms with Crippen molar-refractivity contribution in [2.75, 3.05) is 14.1 Å². The summed E-state index contributed by atoms with van der Waals surface area (Å²) < 4.78 is 5.72. The van der Waals surface area contributed by atoms with Crippen molar-refractivity contribution in [3.05, 3.63) is 60.2 Å². The Bertz CT molecular complexity index is 601. The number of hydrogen-bond donors (Lipinski definition) is 0. The molecular weight excluding hydrogens is 262 g/mol. The Morgan fingerprint density at radius 2 is 1.43 bits per heavy atom. The molecule has 21 heavy (non-hydrogen) atoms. The van der Waals surface area contributed by atoms with Gasteiger partial charge in [0.25, 0.3) is 0 Å². The molecule has 0 saturated heterocycles. The van der Waals surface area contributed by atoms with Crippen LogP contribution in [0.4, 0.5) is 0 Å². The molecule has 0 saturated carbocycles. The molecule has 0 fully saturated rings. The molecule has 0 aliphatic rings. The van der Waals surface area contributed by atoms with Gasteiger partial charge in [0.15, 0.2) is 5.78 Å². The quantitative estimate of drug-likeness (QED) is 0.777. The minimum atomic E-state index is -0.526. The molecule has 3 nitrogen and oxygen atoms in total. The highest BCUT2D eigenvalue weighted by molar-refractivity contribution is 6.02. The van der Waals surface area contributed by atoms with E-state index in [2.05, 4.69) is 0 Å². The average Bonchev–Trinajstić information content (AvgIpc) is 2.48. The van der Waals surface area contributed by atoms with Gasteiger partial charge in [-0.3, -0.25) is 9.69 Å². The normalized spacial score (nSPS) is 11.5. The summed E-state index contributed by atoms with van der Waals surface area (Å²) in [6, 6.07) is 16.9. The summed E-state index contributed by atoms with van der Waals surface area (Å²) in [4.78, 5) is 14.4. The summed E-state index contributed by atoms with van der Waals surface area (Å²) >= 11 is 0. The third-order valence-electron chi connectivity index (χ3n) is 3.77. The molecule has 2 aromatic carbocycles. The summed E-state index contributed by atoms with van der Waals surface area (Å²) in [7, 11) is 3.82. The molecule has 0 unspecified atom stereocenters. The predicted octanol–water partition coefficient (Wildman–Crippen LogP) is 4.00. The number of hydrogen-bond acceptors (Lipinski definition) is 3. The number of carbonyl (C=O) groups is 1. The van der Waals surface area contributed by atoms with Crippen LogP contribution < -0.4 is 4.74 Å². The average molecular weight is 283 g/mol. The number of para-hydroxylation sites is 1. The highest BCUT2D eigenvalue weighted by atomic mass is 16.5. The number of rotatable bonds is 5. The highest BCUT2D eigenvalue weighted by Crippen LogP contribution is 2.23. The van der Waals surface area contributed by atoms with Crippen molar-refractivity contribution in [1.82, 2.24) is 4.90 Å². The Hall–Kier alpha value is -2.13. The van der Waals surface area contributed by atoms with Crippen molar-refractivity contribution in [2.45, 2.75) is 19.4 Å². The van der Waals surface area contributed by atoms with E-state index in [0.717, 1.165) is 11.5 Å². The second-order valence-electron chi connectivity index (χ2n) is 5.72. The smallest absolute Gasteiger partial charge is 0.182 e. The summed E-state index contributed by atoms with van der Waals surface area (Å²) in [5.74, 6) is 1.60. The number of ether oxygens (including phenoxy) is 1.